The first kappa shape index (κ1) is 22.2. The van der Waals surface area contributed by atoms with Crippen LogP contribution < -0.4 is 10.6 Å². The van der Waals surface area contributed by atoms with Crippen molar-refractivity contribution < 1.29 is 14.4 Å². The highest BCUT2D eigenvalue weighted by atomic mass is 16.2. The molecule has 0 heterocycles. The van der Waals surface area contributed by atoms with Gasteiger partial charge in [0.1, 0.15) is 0 Å². The molecule has 1 aliphatic carbocycles. The lowest BCUT2D eigenvalue weighted by Gasteiger charge is -2.12. The molecule has 1 saturated carbocycles. The van der Waals surface area contributed by atoms with Crippen LogP contribution in [-0.2, 0) is 22.6 Å². The molecule has 0 aromatic heterocycles. The van der Waals surface area contributed by atoms with Crippen molar-refractivity contribution in [3.63, 3.8) is 0 Å². The molecule has 0 bridgehead atoms. The lowest BCUT2D eigenvalue weighted by atomic mass is 9.97. The highest BCUT2D eigenvalue weighted by Gasteiger charge is 2.28. The van der Waals surface area contributed by atoms with Crippen LogP contribution in [0.2, 0.25) is 0 Å². The van der Waals surface area contributed by atoms with Crippen LogP contribution in [0.5, 0.6) is 0 Å². The summed E-state index contributed by atoms with van der Waals surface area (Å²) in [6.07, 6.45) is 4.98. The van der Waals surface area contributed by atoms with Crippen LogP contribution in [0.25, 0.3) is 0 Å². The van der Waals surface area contributed by atoms with Crippen LogP contribution in [-0.4, -0.2) is 17.6 Å². The van der Waals surface area contributed by atoms with Gasteiger partial charge in [-0.2, -0.15) is 5.26 Å². The standard InChI is InChI=1S/C25H27N3O3/c1-2-17-9-13-21(14-10-17)28-25(31)22(15-26)23(29)19-11-7-18(8-12-19)16-27-24(30)20-5-3-4-6-20/h7-14,20,22H,2-6,16H2,1H3,(H,27,30)(H,28,31). The van der Waals surface area contributed by atoms with Crippen LogP contribution in [0.15, 0.2) is 48.5 Å². The Kier molecular flexibility index (Phi) is 7.55. The van der Waals surface area contributed by atoms with Gasteiger partial charge in [-0.3, -0.25) is 14.4 Å². The lowest BCUT2D eigenvalue weighted by molar-refractivity contribution is -0.125. The number of rotatable bonds is 8. The number of nitriles is 1. The molecule has 0 radical (unpaired) electrons. The zero-order chi connectivity index (χ0) is 22.2. The Balaban J connectivity index is 1.58. The number of amides is 2. The molecule has 31 heavy (non-hydrogen) atoms. The van der Waals surface area contributed by atoms with E-state index in [4.69, 9.17) is 0 Å². The average molecular weight is 418 g/mol. The van der Waals surface area contributed by atoms with Gasteiger partial charge in [-0.25, -0.2) is 0 Å². The number of anilines is 1. The zero-order valence-electron chi connectivity index (χ0n) is 17.7. The maximum Gasteiger partial charge on any atom is 0.249 e. The predicted molar refractivity (Wildman–Crippen MR) is 118 cm³/mol. The first-order valence-electron chi connectivity index (χ1n) is 10.7. The van der Waals surface area contributed by atoms with E-state index in [0.717, 1.165) is 43.2 Å². The number of aryl methyl sites for hydroxylation is 1. The number of carbonyl (C=O) groups is 3. The van der Waals surface area contributed by atoms with Crippen LogP contribution >= 0.6 is 0 Å². The van der Waals surface area contributed by atoms with Crippen molar-refractivity contribution in [1.82, 2.24) is 5.32 Å². The molecule has 1 fully saturated rings. The number of nitrogens with zero attached hydrogens (tertiary/aromatic N) is 1. The van der Waals surface area contributed by atoms with Crippen molar-refractivity contribution >= 4 is 23.3 Å². The van der Waals surface area contributed by atoms with E-state index >= 15 is 0 Å². The minimum Gasteiger partial charge on any atom is -0.352 e. The molecule has 2 N–H and O–H groups in total. The summed E-state index contributed by atoms with van der Waals surface area (Å²) in [6, 6.07) is 15.8. The second kappa shape index (κ2) is 10.5. The van der Waals surface area contributed by atoms with Gasteiger partial charge in [-0.15, -0.1) is 0 Å². The van der Waals surface area contributed by atoms with E-state index in [1.54, 1.807) is 36.4 Å². The van der Waals surface area contributed by atoms with Crippen molar-refractivity contribution in [3.8, 4) is 6.07 Å². The topological polar surface area (TPSA) is 99.1 Å². The van der Waals surface area contributed by atoms with Gasteiger partial charge in [-0.05, 0) is 42.5 Å². The smallest absolute Gasteiger partial charge is 0.249 e. The molecule has 6 heteroatoms. The molecule has 0 aliphatic heterocycles. The number of hydrogen-bond donors (Lipinski definition) is 2. The number of benzene rings is 2. The minimum absolute atomic E-state index is 0.0748. The van der Waals surface area contributed by atoms with Crippen LogP contribution in [0.3, 0.4) is 0 Å². The van der Waals surface area contributed by atoms with Crippen molar-refractivity contribution in [2.75, 3.05) is 5.32 Å². The molecule has 1 aliphatic rings. The van der Waals surface area contributed by atoms with Crippen molar-refractivity contribution in [3.05, 3.63) is 65.2 Å². The number of carbonyl (C=O) groups excluding carboxylic acids is 3. The third-order valence-electron chi connectivity index (χ3n) is 5.71. The fourth-order valence-corrected chi connectivity index (χ4v) is 3.75. The van der Waals surface area contributed by atoms with E-state index in [1.807, 2.05) is 25.1 Å². The van der Waals surface area contributed by atoms with E-state index < -0.39 is 17.6 Å². The van der Waals surface area contributed by atoms with Gasteiger partial charge in [0.15, 0.2) is 11.7 Å². The first-order valence-corrected chi connectivity index (χ1v) is 10.7. The summed E-state index contributed by atoms with van der Waals surface area (Å²) in [4.78, 5) is 37.3. The fourth-order valence-electron chi connectivity index (χ4n) is 3.75. The van der Waals surface area contributed by atoms with E-state index in [9.17, 15) is 19.6 Å². The minimum atomic E-state index is -1.43. The molecule has 160 valence electrons. The van der Waals surface area contributed by atoms with Crippen molar-refractivity contribution in [2.24, 2.45) is 11.8 Å². The summed E-state index contributed by atoms with van der Waals surface area (Å²) in [5.41, 5.74) is 2.82. The summed E-state index contributed by atoms with van der Waals surface area (Å²) < 4.78 is 0. The molecule has 1 unspecified atom stereocenters. The number of Topliss-reactive ketones (excluding diaryl/α,β-unsaturated/α-hetero) is 1. The quantitative estimate of drug-likeness (QED) is 0.501. The number of hydrogen-bond acceptors (Lipinski definition) is 4. The van der Waals surface area contributed by atoms with Gasteiger partial charge in [0.2, 0.25) is 11.8 Å². The largest absolute Gasteiger partial charge is 0.352 e. The molecule has 0 spiro atoms. The summed E-state index contributed by atoms with van der Waals surface area (Å²) in [5.74, 6) is -2.45. The molecule has 2 aromatic carbocycles. The Bertz CT molecular complexity index is 969. The van der Waals surface area contributed by atoms with E-state index in [0.29, 0.717) is 12.2 Å². The van der Waals surface area contributed by atoms with E-state index in [-0.39, 0.29) is 17.4 Å². The third kappa shape index (κ3) is 5.79. The van der Waals surface area contributed by atoms with Gasteiger partial charge in [0, 0.05) is 23.7 Å². The van der Waals surface area contributed by atoms with Gasteiger partial charge in [-0.1, -0.05) is 56.2 Å². The lowest BCUT2D eigenvalue weighted by Crippen LogP contribution is -2.29. The average Bonchev–Trinajstić information content (AvgIpc) is 3.34. The summed E-state index contributed by atoms with van der Waals surface area (Å²) in [6.45, 7) is 2.42. The Labute approximate surface area is 182 Å². The normalized spacial score (nSPS) is 14.5. The predicted octanol–water partition coefficient (Wildman–Crippen LogP) is 4.02. The van der Waals surface area contributed by atoms with Crippen LogP contribution in [0.1, 0.15) is 54.1 Å². The maximum atomic E-state index is 12.7. The Morgan fingerprint density at radius 2 is 1.61 bits per heavy atom. The van der Waals surface area contributed by atoms with E-state index in [2.05, 4.69) is 10.6 Å². The third-order valence-corrected chi connectivity index (χ3v) is 5.71. The molecule has 2 aromatic rings. The Hall–Kier alpha value is -3.46. The highest BCUT2D eigenvalue weighted by molar-refractivity contribution is 6.15. The monoisotopic (exact) mass is 417 g/mol. The SMILES string of the molecule is CCc1ccc(NC(=O)C(C#N)C(=O)c2ccc(CNC(=O)C3CCCC3)cc2)cc1. The van der Waals surface area contributed by atoms with Crippen molar-refractivity contribution in [2.45, 2.75) is 45.6 Å². The summed E-state index contributed by atoms with van der Waals surface area (Å²) in [7, 11) is 0. The molecular weight excluding hydrogens is 390 g/mol. The summed E-state index contributed by atoms with van der Waals surface area (Å²) >= 11 is 0. The molecule has 1 atom stereocenters. The highest BCUT2D eigenvalue weighted by Crippen LogP contribution is 2.24. The summed E-state index contributed by atoms with van der Waals surface area (Å²) in [5, 5.41) is 15.0. The van der Waals surface area contributed by atoms with Gasteiger partial charge in [0.25, 0.3) is 0 Å². The first-order chi connectivity index (χ1) is 15.0. The van der Waals surface area contributed by atoms with Crippen LogP contribution in [0.4, 0.5) is 5.69 Å². The van der Waals surface area contributed by atoms with Gasteiger partial charge >= 0.3 is 0 Å². The molecule has 3 rings (SSSR count). The molecule has 2 amide bonds. The number of nitrogens with one attached hydrogen (secondary N) is 2. The Morgan fingerprint density at radius 1 is 1.00 bits per heavy atom. The molecule has 0 saturated heterocycles. The van der Waals surface area contributed by atoms with Gasteiger partial charge < -0.3 is 10.6 Å². The second-order valence-electron chi connectivity index (χ2n) is 7.86. The maximum absolute atomic E-state index is 12.7. The van der Waals surface area contributed by atoms with E-state index in [1.165, 1.54) is 0 Å². The fraction of sp³-hybridized carbons (Fsp3) is 0.360. The van der Waals surface area contributed by atoms with Gasteiger partial charge in [0.05, 0.1) is 6.07 Å². The Morgan fingerprint density at radius 3 is 2.19 bits per heavy atom. The molecule has 6 nitrogen and oxygen atoms in total. The molecular formula is C25H27N3O3. The second-order valence-corrected chi connectivity index (χ2v) is 7.86. The number of ketones is 1. The van der Waals surface area contributed by atoms with Crippen molar-refractivity contribution in [1.29, 1.82) is 5.26 Å². The zero-order valence-corrected chi connectivity index (χ0v) is 17.7. The van der Waals surface area contributed by atoms with Crippen LogP contribution in [0, 0.1) is 23.2 Å².